The van der Waals surface area contributed by atoms with E-state index in [0.717, 1.165) is 22.7 Å². The molecule has 4 heteroatoms. The van der Waals surface area contributed by atoms with E-state index in [4.69, 9.17) is 4.74 Å². The van der Waals surface area contributed by atoms with Crippen LogP contribution < -0.4 is 4.74 Å². The molecule has 0 radical (unpaired) electrons. The molecule has 0 saturated heterocycles. The highest BCUT2D eigenvalue weighted by atomic mass is 16.5. The molecule has 0 aliphatic rings. The fourth-order valence-corrected chi connectivity index (χ4v) is 1.99. The summed E-state index contributed by atoms with van der Waals surface area (Å²) in [6.07, 6.45) is 1.69. The fourth-order valence-electron chi connectivity index (χ4n) is 1.99. The number of hydrogen-bond donors (Lipinski definition) is 0. The van der Waals surface area contributed by atoms with Gasteiger partial charge in [-0.15, -0.1) is 10.2 Å². The molecule has 4 nitrogen and oxygen atoms in total. The Bertz CT molecular complexity index is 674. The number of aromatic nitrogens is 3. The van der Waals surface area contributed by atoms with E-state index < -0.39 is 0 Å². The van der Waals surface area contributed by atoms with Gasteiger partial charge in [0.25, 0.3) is 0 Å². The van der Waals surface area contributed by atoms with Crippen LogP contribution in [0.15, 0.2) is 60.9 Å². The highest BCUT2D eigenvalue weighted by molar-refractivity contribution is 5.56. The Morgan fingerprint density at radius 3 is 2.40 bits per heavy atom. The summed E-state index contributed by atoms with van der Waals surface area (Å²) in [6, 6.07) is 18.0. The van der Waals surface area contributed by atoms with Crippen LogP contribution in [0.25, 0.3) is 11.4 Å². The van der Waals surface area contributed by atoms with E-state index >= 15 is 0 Å². The summed E-state index contributed by atoms with van der Waals surface area (Å²) in [5.41, 5.74) is 2.18. The lowest BCUT2D eigenvalue weighted by Crippen LogP contribution is -1.95. The van der Waals surface area contributed by atoms with E-state index in [0.29, 0.717) is 6.61 Å². The topological polar surface area (TPSA) is 39.9 Å². The maximum atomic E-state index is 5.75. The summed E-state index contributed by atoms with van der Waals surface area (Å²) >= 11 is 0. The van der Waals surface area contributed by atoms with E-state index in [9.17, 15) is 0 Å². The smallest absolute Gasteiger partial charge is 0.163 e. The van der Waals surface area contributed by atoms with Gasteiger partial charge in [0.05, 0.1) is 0 Å². The number of hydrogen-bond acceptors (Lipinski definition) is 3. The van der Waals surface area contributed by atoms with Crippen LogP contribution in [0.4, 0.5) is 0 Å². The van der Waals surface area contributed by atoms with Gasteiger partial charge in [0, 0.05) is 12.6 Å². The Balaban J connectivity index is 1.69. The van der Waals surface area contributed by atoms with Crippen molar-refractivity contribution in [2.75, 3.05) is 0 Å². The van der Waals surface area contributed by atoms with Crippen molar-refractivity contribution in [1.82, 2.24) is 14.8 Å². The molecule has 100 valence electrons. The first-order chi connectivity index (χ1) is 9.83. The number of aryl methyl sites for hydroxylation is 1. The molecular weight excluding hydrogens is 250 g/mol. The van der Waals surface area contributed by atoms with Gasteiger partial charge in [0.2, 0.25) is 0 Å². The first kappa shape index (κ1) is 12.4. The largest absolute Gasteiger partial charge is 0.489 e. The third-order valence-corrected chi connectivity index (χ3v) is 3.07. The van der Waals surface area contributed by atoms with Gasteiger partial charge in [-0.1, -0.05) is 30.3 Å². The van der Waals surface area contributed by atoms with Crippen molar-refractivity contribution >= 4 is 0 Å². The average Bonchev–Trinajstić information content (AvgIpc) is 2.93. The van der Waals surface area contributed by atoms with Crippen LogP contribution in [0.5, 0.6) is 5.75 Å². The monoisotopic (exact) mass is 265 g/mol. The molecule has 1 heterocycles. The van der Waals surface area contributed by atoms with Gasteiger partial charge < -0.3 is 9.30 Å². The summed E-state index contributed by atoms with van der Waals surface area (Å²) < 4.78 is 7.64. The number of nitrogens with zero attached hydrogens (tertiary/aromatic N) is 3. The number of ether oxygens (including phenoxy) is 1. The second-order valence-electron chi connectivity index (χ2n) is 4.56. The normalized spacial score (nSPS) is 10.4. The highest BCUT2D eigenvalue weighted by Gasteiger charge is 2.04. The third-order valence-electron chi connectivity index (χ3n) is 3.07. The van der Waals surface area contributed by atoms with E-state index in [1.54, 1.807) is 6.33 Å². The molecule has 0 amide bonds. The van der Waals surface area contributed by atoms with Gasteiger partial charge in [-0.3, -0.25) is 0 Å². The molecule has 3 aromatic rings. The first-order valence-corrected chi connectivity index (χ1v) is 6.44. The minimum atomic E-state index is 0.574. The molecule has 0 aliphatic heterocycles. The molecule has 1 aromatic heterocycles. The van der Waals surface area contributed by atoms with Crippen molar-refractivity contribution in [2.45, 2.75) is 6.61 Å². The van der Waals surface area contributed by atoms with Gasteiger partial charge in [0.1, 0.15) is 18.7 Å². The summed E-state index contributed by atoms with van der Waals surface area (Å²) in [5.74, 6) is 1.69. The van der Waals surface area contributed by atoms with E-state index in [1.165, 1.54) is 0 Å². The van der Waals surface area contributed by atoms with Gasteiger partial charge in [-0.2, -0.15) is 0 Å². The molecule has 2 aromatic carbocycles. The van der Waals surface area contributed by atoms with Gasteiger partial charge >= 0.3 is 0 Å². The van der Waals surface area contributed by atoms with Crippen LogP contribution in [0, 0.1) is 0 Å². The second kappa shape index (κ2) is 5.57. The average molecular weight is 265 g/mol. The Morgan fingerprint density at radius 1 is 1.00 bits per heavy atom. The van der Waals surface area contributed by atoms with Crippen LogP contribution in [-0.4, -0.2) is 14.8 Å². The van der Waals surface area contributed by atoms with Crippen molar-refractivity contribution in [3.05, 3.63) is 66.5 Å². The maximum absolute atomic E-state index is 5.75. The zero-order valence-electron chi connectivity index (χ0n) is 11.2. The molecule has 0 spiro atoms. The van der Waals surface area contributed by atoms with Gasteiger partial charge in [0.15, 0.2) is 5.82 Å². The molecule has 0 unspecified atom stereocenters. The molecule has 0 saturated carbocycles. The molecular formula is C16H15N3O. The summed E-state index contributed by atoms with van der Waals surface area (Å²) in [5, 5.41) is 7.96. The lowest BCUT2D eigenvalue weighted by molar-refractivity contribution is 0.306. The van der Waals surface area contributed by atoms with Crippen LogP contribution in [0.1, 0.15) is 5.56 Å². The molecule has 0 bridgehead atoms. The minimum Gasteiger partial charge on any atom is -0.489 e. The van der Waals surface area contributed by atoms with Crippen LogP contribution in [-0.2, 0) is 13.7 Å². The zero-order chi connectivity index (χ0) is 13.8. The molecule has 0 atom stereocenters. The second-order valence-corrected chi connectivity index (χ2v) is 4.56. The molecule has 0 fully saturated rings. The Labute approximate surface area is 117 Å². The number of rotatable bonds is 4. The van der Waals surface area contributed by atoms with Crippen molar-refractivity contribution in [2.24, 2.45) is 7.05 Å². The van der Waals surface area contributed by atoms with Crippen molar-refractivity contribution in [1.29, 1.82) is 0 Å². The lowest BCUT2D eigenvalue weighted by Gasteiger charge is -2.07. The van der Waals surface area contributed by atoms with E-state index in [2.05, 4.69) is 10.2 Å². The van der Waals surface area contributed by atoms with Crippen LogP contribution >= 0.6 is 0 Å². The summed E-state index contributed by atoms with van der Waals surface area (Å²) in [6.45, 7) is 0.574. The zero-order valence-corrected chi connectivity index (χ0v) is 11.2. The van der Waals surface area contributed by atoms with Crippen molar-refractivity contribution < 1.29 is 4.74 Å². The van der Waals surface area contributed by atoms with Crippen LogP contribution in [0.2, 0.25) is 0 Å². The molecule has 3 rings (SSSR count). The predicted octanol–water partition coefficient (Wildman–Crippen LogP) is 3.06. The maximum Gasteiger partial charge on any atom is 0.163 e. The molecule has 0 N–H and O–H groups in total. The van der Waals surface area contributed by atoms with Gasteiger partial charge in [-0.05, 0) is 29.8 Å². The van der Waals surface area contributed by atoms with Crippen molar-refractivity contribution in [3.8, 4) is 17.1 Å². The molecule has 0 aliphatic carbocycles. The third kappa shape index (κ3) is 2.69. The van der Waals surface area contributed by atoms with Crippen molar-refractivity contribution in [3.63, 3.8) is 0 Å². The Kier molecular flexibility index (Phi) is 3.46. The summed E-state index contributed by atoms with van der Waals surface area (Å²) in [4.78, 5) is 0. The van der Waals surface area contributed by atoms with Crippen LogP contribution in [0.3, 0.4) is 0 Å². The van der Waals surface area contributed by atoms with E-state index in [-0.39, 0.29) is 0 Å². The number of benzene rings is 2. The standard InChI is InChI=1S/C16H15N3O/c1-19-12-17-18-16(19)14-7-9-15(10-8-14)20-11-13-5-3-2-4-6-13/h2-10,12H,11H2,1H3. The highest BCUT2D eigenvalue weighted by Crippen LogP contribution is 2.20. The Hall–Kier alpha value is -2.62. The first-order valence-electron chi connectivity index (χ1n) is 6.44. The SMILES string of the molecule is Cn1cnnc1-c1ccc(OCc2ccccc2)cc1. The van der Waals surface area contributed by atoms with Gasteiger partial charge in [-0.25, -0.2) is 0 Å². The predicted molar refractivity (Wildman–Crippen MR) is 77.2 cm³/mol. The lowest BCUT2D eigenvalue weighted by atomic mass is 10.2. The quantitative estimate of drug-likeness (QED) is 0.728. The minimum absolute atomic E-state index is 0.574. The summed E-state index contributed by atoms with van der Waals surface area (Å²) in [7, 11) is 1.93. The molecule has 20 heavy (non-hydrogen) atoms. The van der Waals surface area contributed by atoms with E-state index in [1.807, 2.05) is 66.2 Å². The fraction of sp³-hybridized carbons (Fsp3) is 0.125. The Morgan fingerprint density at radius 2 is 1.75 bits per heavy atom.